The largest absolute Gasteiger partial charge is 0.495 e. The van der Waals surface area contributed by atoms with E-state index in [2.05, 4.69) is 17.8 Å². The van der Waals surface area contributed by atoms with E-state index in [4.69, 9.17) is 10.5 Å². The predicted molar refractivity (Wildman–Crippen MR) is 71.0 cm³/mol. The van der Waals surface area contributed by atoms with E-state index in [1.54, 1.807) is 7.11 Å². The zero-order chi connectivity index (χ0) is 11.4. The molecule has 1 fully saturated rings. The highest BCUT2D eigenvalue weighted by Crippen LogP contribution is 2.32. The highest BCUT2D eigenvalue weighted by molar-refractivity contribution is 7.99. The third-order valence-corrected chi connectivity index (χ3v) is 4.52. The van der Waals surface area contributed by atoms with Gasteiger partial charge in [0.05, 0.1) is 12.8 Å². The van der Waals surface area contributed by atoms with Crippen molar-refractivity contribution < 1.29 is 4.74 Å². The van der Waals surface area contributed by atoms with Crippen LogP contribution < -0.4 is 10.5 Å². The van der Waals surface area contributed by atoms with Gasteiger partial charge in [0.1, 0.15) is 5.75 Å². The molecule has 0 aliphatic heterocycles. The first-order chi connectivity index (χ1) is 7.79. The molecule has 88 valence electrons. The van der Waals surface area contributed by atoms with Crippen LogP contribution in [0.15, 0.2) is 18.2 Å². The number of methoxy groups -OCH3 is 1. The van der Waals surface area contributed by atoms with Gasteiger partial charge in [0.25, 0.3) is 0 Å². The Labute approximate surface area is 102 Å². The summed E-state index contributed by atoms with van der Waals surface area (Å²) in [5, 5.41) is 0.864. The normalized spacial score (nSPS) is 16.6. The van der Waals surface area contributed by atoms with E-state index in [1.165, 1.54) is 31.2 Å². The molecule has 0 aromatic heterocycles. The molecule has 0 bridgehead atoms. The summed E-state index contributed by atoms with van der Waals surface area (Å²) >= 11 is 2.06. The van der Waals surface area contributed by atoms with Crippen molar-refractivity contribution in [2.24, 2.45) is 0 Å². The molecule has 1 aromatic carbocycles. The number of benzene rings is 1. The van der Waals surface area contributed by atoms with Crippen LogP contribution in [0.5, 0.6) is 5.75 Å². The van der Waals surface area contributed by atoms with Gasteiger partial charge in [-0.05, 0) is 30.5 Å². The van der Waals surface area contributed by atoms with Crippen LogP contribution in [-0.4, -0.2) is 12.4 Å². The third kappa shape index (κ3) is 2.85. The Kier molecular flexibility index (Phi) is 3.99. The fourth-order valence-corrected chi connectivity index (χ4v) is 3.42. The van der Waals surface area contributed by atoms with Crippen LogP contribution in [0.4, 0.5) is 5.69 Å². The number of anilines is 1. The molecule has 0 unspecified atom stereocenters. The molecule has 2 nitrogen and oxygen atoms in total. The number of hydrogen-bond acceptors (Lipinski definition) is 3. The standard InChI is InChI=1S/C13H19NOS/c1-15-13-7-6-10(8-12(13)14)9-16-11-4-2-3-5-11/h6-8,11H,2-5,9,14H2,1H3. The van der Waals surface area contributed by atoms with Gasteiger partial charge in [-0.3, -0.25) is 0 Å². The number of thioether (sulfide) groups is 1. The number of ether oxygens (including phenoxy) is 1. The van der Waals surface area contributed by atoms with Crippen molar-refractivity contribution in [2.45, 2.75) is 36.7 Å². The van der Waals surface area contributed by atoms with E-state index >= 15 is 0 Å². The molecule has 0 atom stereocenters. The van der Waals surface area contributed by atoms with Crippen LogP contribution in [0.25, 0.3) is 0 Å². The quantitative estimate of drug-likeness (QED) is 0.815. The molecule has 1 aromatic rings. The average Bonchev–Trinajstić information content (AvgIpc) is 2.79. The first-order valence-electron chi connectivity index (χ1n) is 5.83. The van der Waals surface area contributed by atoms with Gasteiger partial charge >= 0.3 is 0 Å². The Morgan fingerprint density at radius 3 is 2.75 bits per heavy atom. The van der Waals surface area contributed by atoms with Gasteiger partial charge in [-0.1, -0.05) is 18.9 Å². The molecule has 16 heavy (non-hydrogen) atoms. The van der Waals surface area contributed by atoms with Crippen LogP contribution in [0.3, 0.4) is 0 Å². The van der Waals surface area contributed by atoms with Crippen LogP contribution in [0, 0.1) is 0 Å². The van der Waals surface area contributed by atoms with Gasteiger partial charge in [0.2, 0.25) is 0 Å². The van der Waals surface area contributed by atoms with Gasteiger partial charge in [0, 0.05) is 11.0 Å². The topological polar surface area (TPSA) is 35.2 Å². The smallest absolute Gasteiger partial charge is 0.141 e. The zero-order valence-corrected chi connectivity index (χ0v) is 10.6. The monoisotopic (exact) mass is 237 g/mol. The lowest BCUT2D eigenvalue weighted by Crippen LogP contribution is -1.97. The first kappa shape index (κ1) is 11.6. The van der Waals surface area contributed by atoms with Crippen molar-refractivity contribution >= 4 is 17.4 Å². The number of nitrogen functional groups attached to an aromatic ring is 1. The van der Waals surface area contributed by atoms with Crippen LogP contribution in [0.1, 0.15) is 31.2 Å². The number of hydrogen-bond donors (Lipinski definition) is 1. The number of rotatable bonds is 4. The minimum Gasteiger partial charge on any atom is -0.495 e. The molecule has 0 saturated heterocycles. The van der Waals surface area contributed by atoms with Crippen molar-refractivity contribution in [1.82, 2.24) is 0 Å². The van der Waals surface area contributed by atoms with Crippen molar-refractivity contribution in [2.75, 3.05) is 12.8 Å². The summed E-state index contributed by atoms with van der Waals surface area (Å²) in [6, 6.07) is 6.10. The fourth-order valence-electron chi connectivity index (χ4n) is 2.14. The summed E-state index contributed by atoms with van der Waals surface area (Å²) in [4.78, 5) is 0. The third-order valence-electron chi connectivity index (χ3n) is 3.08. The average molecular weight is 237 g/mol. The Balaban J connectivity index is 1.91. The molecular formula is C13H19NOS. The van der Waals surface area contributed by atoms with E-state index in [-0.39, 0.29) is 0 Å². The summed E-state index contributed by atoms with van der Waals surface area (Å²) in [6.45, 7) is 0. The molecule has 1 aliphatic rings. The molecule has 0 heterocycles. The summed E-state index contributed by atoms with van der Waals surface area (Å²) in [6.07, 6.45) is 5.58. The summed E-state index contributed by atoms with van der Waals surface area (Å²) in [7, 11) is 1.65. The second-order valence-electron chi connectivity index (χ2n) is 4.29. The molecule has 3 heteroatoms. The van der Waals surface area contributed by atoms with E-state index in [0.29, 0.717) is 0 Å². The highest BCUT2D eigenvalue weighted by Gasteiger charge is 2.15. The highest BCUT2D eigenvalue weighted by atomic mass is 32.2. The van der Waals surface area contributed by atoms with Crippen molar-refractivity contribution in [3.8, 4) is 5.75 Å². The lowest BCUT2D eigenvalue weighted by Gasteiger charge is -2.10. The maximum atomic E-state index is 5.88. The molecule has 1 saturated carbocycles. The minimum absolute atomic E-state index is 0.743. The van der Waals surface area contributed by atoms with E-state index < -0.39 is 0 Å². The van der Waals surface area contributed by atoms with Crippen LogP contribution in [0.2, 0.25) is 0 Å². The second kappa shape index (κ2) is 5.48. The molecular weight excluding hydrogens is 218 g/mol. The predicted octanol–water partition coefficient (Wildman–Crippen LogP) is 3.45. The maximum absolute atomic E-state index is 5.88. The van der Waals surface area contributed by atoms with E-state index in [1.807, 2.05) is 12.1 Å². The van der Waals surface area contributed by atoms with Gasteiger partial charge in [-0.2, -0.15) is 11.8 Å². The summed E-state index contributed by atoms with van der Waals surface area (Å²) < 4.78 is 5.15. The second-order valence-corrected chi connectivity index (χ2v) is 5.58. The maximum Gasteiger partial charge on any atom is 0.141 e. The SMILES string of the molecule is COc1ccc(CSC2CCCC2)cc1N. The minimum atomic E-state index is 0.743. The first-order valence-corrected chi connectivity index (χ1v) is 6.88. The zero-order valence-electron chi connectivity index (χ0n) is 9.74. The Morgan fingerprint density at radius 1 is 1.38 bits per heavy atom. The molecule has 2 rings (SSSR count). The molecule has 2 N–H and O–H groups in total. The summed E-state index contributed by atoms with van der Waals surface area (Å²) in [5.74, 6) is 1.84. The van der Waals surface area contributed by atoms with Gasteiger partial charge in [-0.25, -0.2) is 0 Å². The summed E-state index contributed by atoms with van der Waals surface area (Å²) in [5.41, 5.74) is 7.93. The van der Waals surface area contributed by atoms with E-state index in [0.717, 1.165) is 22.4 Å². The number of nitrogens with two attached hydrogens (primary N) is 1. The molecule has 1 aliphatic carbocycles. The van der Waals surface area contributed by atoms with Gasteiger partial charge in [0.15, 0.2) is 0 Å². The van der Waals surface area contributed by atoms with Gasteiger partial charge in [-0.15, -0.1) is 0 Å². The van der Waals surface area contributed by atoms with Crippen molar-refractivity contribution in [3.05, 3.63) is 23.8 Å². The Morgan fingerprint density at radius 2 is 2.12 bits per heavy atom. The lowest BCUT2D eigenvalue weighted by atomic mass is 10.2. The van der Waals surface area contributed by atoms with Crippen molar-refractivity contribution in [1.29, 1.82) is 0 Å². The Hall–Kier alpha value is -0.830. The van der Waals surface area contributed by atoms with E-state index in [9.17, 15) is 0 Å². The lowest BCUT2D eigenvalue weighted by molar-refractivity contribution is 0.417. The molecule has 0 amide bonds. The molecule has 0 radical (unpaired) electrons. The van der Waals surface area contributed by atoms with Gasteiger partial charge < -0.3 is 10.5 Å². The fraction of sp³-hybridized carbons (Fsp3) is 0.538. The van der Waals surface area contributed by atoms with Crippen LogP contribution in [-0.2, 0) is 5.75 Å². The van der Waals surface area contributed by atoms with Crippen molar-refractivity contribution in [3.63, 3.8) is 0 Å². The molecule has 0 spiro atoms. The van der Waals surface area contributed by atoms with Crippen LogP contribution >= 0.6 is 11.8 Å². The Bertz CT molecular complexity index is 348.